The van der Waals surface area contributed by atoms with Gasteiger partial charge in [0.1, 0.15) is 11.4 Å². The summed E-state index contributed by atoms with van der Waals surface area (Å²) < 4.78 is 21.1. The Labute approximate surface area is 180 Å². The van der Waals surface area contributed by atoms with E-state index in [1.165, 1.54) is 31.4 Å². The Morgan fingerprint density at radius 1 is 1.19 bits per heavy atom. The maximum absolute atomic E-state index is 13.5. The molecule has 32 heavy (non-hydrogen) atoms. The summed E-state index contributed by atoms with van der Waals surface area (Å²) >= 11 is 0. The van der Waals surface area contributed by atoms with E-state index in [2.05, 4.69) is 0 Å². The van der Waals surface area contributed by atoms with E-state index in [-0.39, 0.29) is 11.4 Å². The number of nitro groups is 1. The van der Waals surface area contributed by atoms with Crippen LogP contribution in [-0.4, -0.2) is 53.8 Å². The lowest BCUT2D eigenvalue weighted by molar-refractivity contribution is -0.384. The Hall–Kier alpha value is -3.80. The fourth-order valence-corrected chi connectivity index (χ4v) is 4.42. The molecular formula is C20H18N2O10. The minimum atomic E-state index is -1.74. The zero-order valence-electron chi connectivity index (χ0n) is 17.2. The van der Waals surface area contributed by atoms with E-state index in [1.54, 1.807) is 0 Å². The van der Waals surface area contributed by atoms with Gasteiger partial charge in [0.2, 0.25) is 11.8 Å². The number of anilines is 1. The molecule has 1 aromatic carbocycles. The number of hydrogen-bond acceptors (Lipinski definition) is 10. The average molecular weight is 446 g/mol. The van der Waals surface area contributed by atoms with Crippen molar-refractivity contribution in [1.82, 2.24) is 0 Å². The van der Waals surface area contributed by atoms with E-state index in [1.807, 2.05) is 0 Å². The third kappa shape index (κ3) is 3.02. The van der Waals surface area contributed by atoms with E-state index < -0.39 is 64.2 Å². The van der Waals surface area contributed by atoms with Crippen molar-refractivity contribution < 1.29 is 43.0 Å². The number of rotatable bonds is 6. The third-order valence-electron chi connectivity index (χ3n) is 5.61. The standard InChI is InChI=1S/C20H18N2O10/c1-9(23)30-19(31-10(2)24)20-7-6-14(32-20)15-16(20)18(26)21(17(15)25)12-5-4-11(29-3)8-13(12)22(27)28/h4-8,14-16,19H,1-3H3/t14-,15-,16-,20-/m1/s1. The summed E-state index contributed by atoms with van der Waals surface area (Å²) in [5, 5.41) is 11.6. The molecule has 2 saturated heterocycles. The van der Waals surface area contributed by atoms with E-state index in [0.29, 0.717) is 0 Å². The first kappa shape index (κ1) is 21.4. The van der Waals surface area contributed by atoms with Crippen molar-refractivity contribution in [2.75, 3.05) is 12.0 Å². The summed E-state index contributed by atoms with van der Waals surface area (Å²) in [6, 6.07) is 3.73. The van der Waals surface area contributed by atoms with Gasteiger partial charge in [-0.1, -0.05) is 6.08 Å². The van der Waals surface area contributed by atoms with Crippen LogP contribution in [0.1, 0.15) is 13.8 Å². The van der Waals surface area contributed by atoms with Gasteiger partial charge in [-0.15, -0.1) is 0 Å². The predicted molar refractivity (Wildman–Crippen MR) is 103 cm³/mol. The highest BCUT2D eigenvalue weighted by molar-refractivity contribution is 6.24. The van der Waals surface area contributed by atoms with Crippen molar-refractivity contribution in [3.63, 3.8) is 0 Å². The van der Waals surface area contributed by atoms with Gasteiger partial charge in [-0.2, -0.15) is 0 Å². The molecule has 3 heterocycles. The van der Waals surface area contributed by atoms with Gasteiger partial charge in [-0.25, -0.2) is 4.90 Å². The van der Waals surface area contributed by atoms with Crippen molar-refractivity contribution in [3.8, 4) is 5.75 Å². The topological polar surface area (TPSA) is 152 Å². The second-order valence-corrected chi connectivity index (χ2v) is 7.47. The molecular weight excluding hydrogens is 428 g/mol. The number of ether oxygens (including phenoxy) is 4. The number of nitrogens with zero attached hydrogens (tertiary/aromatic N) is 2. The zero-order valence-corrected chi connectivity index (χ0v) is 17.2. The van der Waals surface area contributed by atoms with Crippen LogP contribution < -0.4 is 9.64 Å². The van der Waals surface area contributed by atoms with Crippen molar-refractivity contribution >= 4 is 35.1 Å². The summed E-state index contributed by atoms with van der Waals surface area (Å²) in [5.74, 6) is -5.20. The molecule has 0 N–H and O–H groups in total. The smallest absolute Gasteiger partial charge is 0.305 e. The van der Waals surface area contributed by atoms with Crippen LogP contribution in [0.15, 0.2) is 30.4 Å². The van der Waals surface area contributed by atoms with Crippen LogP contribution in [0.4, 0.5) is 11.4 Å². The average Bonchev–Trinajstić information content (AvgIpc) is 3.37. The van der Waals surface area contributed by atoms with Crippen molar-refractivity contribution in [2.45, 2.75) is 31.8 Å². The van der Waals surface area contributed by atoms with Gasteiger partial charge >= 0.3 is 11.9 Å². The normalized spacial score (nSPS) is 27.6. The first-order valence-electron chi connectivity index (χ1n) is 9.52. The molecule has 0 spiro atoms. The molecule has 2 amide bonds. The number of hydrogen-bond donors (Lipinski definition) is 0. The van der Waals surface area contributed by atoms with Gasteiger partial charge < -0.3 is 18.9 Å². The van der Waals surface area contributed by atoms with Crippen LogP contribution in [0.3, 0.4) is 0 Å². The Bertz CT molecular complexity index is 1070. The summed E-state index contributed by atoms with van der Waals surface area (Å²) in [6.45, 7) is 2.18. The fraction of sp³-hybridized carbons (Fsp3) is 0.400. The third-order valence-corrected chi connectivity index (χ3v) is 5.61. The van der Waals surface area contributed by atoms with Crippen LogP contribution in [-0.2, 0) is 33.4 Å². The first-order valence-corrected chi connectivity index (χ1v) is 9.52. The molecule has 0 unspecified atom stereocenters. The SMILES string of the molecule is COc1ccc(N2C(=O)[C@@H]3[C@H]4C=C[C@@](C(OC(C)=O)OC(C)=O)(O4)[C@H]3C2=O)c([N+](=O)[O-])c1. The van der Waals surface area contributed by atoms with E-state index >= 15 is 0 Å². The number of amides is 2. The molecule has 2 fully saturated rings. The van der Waals surface area contributed by atoms with Crippen molar-refractivity contribution in [2.24, 2.45) is 11.8 Å². The largest absolute Gasteiger partial charge is 0.496 e. The molecule has 0 saturated carbocycles. The number of methoxy groups -OCH3 is 1. The number of carbonyl (C=O) groups excluding carboxylic acids is 4. The lowest BCUT2D eigenvalue weighted by atomic mass is 9.76. The Balaban J connectivity index is 1.78. The monoisotopic (exact) mass is 446 g/mol. The minimum absolute atomic E-state index is 0.172. The Kier molecular flexibility index (Phi) is 4.96. The van der Waals surface area contributed by atoms with E-state index in [4.69, 9.17) is 18.9 Å². The highest BCUT2D eigenvalue weighted by Crippen LogP contribution is 2.55. The summed E-state index contributed by atoms with van der Waals surface area (Å²) in [6.07, 6.45) is 0.439. The highest BCUT2D eigenvalue weighted by Gasteiger charge is 2.72. The molecule has 0 radical (unpaired) electrons. The van der Waals surface area contributed by atoms with Gasteiger partial charge in [0.25, 0.3) is 12.0 Å². The molecule has 12 heteroatoms. The first-order chi connectivity index (χ1) is 15.1. The summed E-state index contributed by atoms with van der Waals surface area (Å²) in [7, 11) is 1.32. The number of carbonyl (C=O) groups is 4. The molecule has 168 valence electrons. The van der Waals surface area contributed by atoms with Crippen molar-refractivity contribution in [3.05, 3.63) is 40.5 Å². The molecule has 3 aliphatic heterocycles. The number of nitro benzene ring substituents is 1. The van der Waals surface area contributed by atoms with E-state index in [9.17, 15) is 29.3 Å². The molecule has 4 atom stereocenters. The van der Waals surface area contributed by atoms with Gasteiger partial charge in [0, 0.05) is 13.8 Å². The Morgan fingerprint density at radius 2 is 1.84 bits per heavy atom. The molecule has 0 aliphatic carbocycles. The molecule has 0 aromatic heterocycles. The minimum Gasteiger partial charge on any atom is -0.496 e. The lowest BCUT2D eigenvalue weighted by Gasteiger charge is -2.34. The van der Waals surface area contributed by atoms with E-state index in [0.717, 1.165) is 24.8 Å². The molecule has 3 aliphatic rings. The van der Waals surface area contributed by atoms with Crippen LogP contribution in [0.5, 0.6) is 5.75 Å². The predicted octanol–water partition coefficient (Wildman–Crippen LogP) is 0.869. The number of esters is 2. The quantitative estimate of drug-likeness (QED) is 0.154. The highest BCUT2D eigenvalue weighted by atomic mass is 16.7. The maximum Gasteiger partial charge on any atom is 0.305 e. The summed E-state index contributed by atoms with van der Waals surface area (Å²) in [5.41, 5.74) is -2.47. The zero-order chi connectivity index (χ0) is 23.4. The number of imide groups is 1. The molecule has 1 aromatic rings. The Morgan fingerprint density at radius 3 is 2.41 bits per heavy atom. The number of benzene rings is 1. The second-order valence-electron chi connectivity index (χ2n) is 7.47. The van der Waals surface area contributed by atoms with Crippen LogP contribution in [0, 0.1) is 22.0 Å². The van der Waals surface area contributed by atoms with Gasteiger partial charge in [0.15, 0.2) is 5.60 Å². The molecule has 4 rings (SSSR count). The van der Waals surface area contributed by atoms with Crippen LogP contribution >= 0.6 is 0 Å². The van der Waals surface area contributed by atoms with Gasteiger partial charge in [-0.3, -0.25) is 29.3 Å². The van der Waals surface area contributed by atoms with Gasteiger partial charge in [-0.05, 0) is 18.2 Å². The van der Waals surface area contributed by atoms with Crippen molar-refractivity contribution in [1.29, 1.82) is 0 Å². The van der Waals surface area contributed by atoms with Gasteiger partial charge in [0.05, 0.1) is 36.0 Å². The molecule has 12 nitrogen and oxygen atoms in total. The second kappa shape index (κ2) is 7.41. The lowest BCUT2D eigenvalue weighted by Crippen LogP contribution is -2.52. The summed E-state index contributed by atoms with van der Waals surface area (Å²) in [4.78, 5) is 61.6. The fourth-order valence-electron chi connectivity index (χ4n) is 4.42. The maximum atomic E-state index is 13.5. The number of fused-ring (bicyclic) bond motifs is 5. The van der Waals surface area contributed by atoms with Crippen LogP contribution in [0.2, 0.25) is 0 Å². The molecule has 2 bridgehead atoms. The van der Waals surface area contributed by atoms with Crippen LogP contribution in [0.25, 0.3) is 0 Å².